The molecule has 0 amide bonds. The minimum absolute atomic E-state index is 0.137. The Bertz CT molecular complexity index is 440. The molecule has 0 saturated heterocycles. The number of thiophene rings is 1. The summed E-state index contributed by atoms with van der Waals surface area (Å²) >= 11 is 8.57. The van der Waals surface area contributed by atoms with Gasteiger partial charge in [0, 0.05) is 4.88 Å². The fourth-order valence-electron chi connectivity index (χ4n) is 1.60. The van der Waals surface area contributed by atoms with Gasteiger partial charge in [-0.2, -0.15) is 0 Å². The van der Waals surface area contributed by atoms with Crippen molar-refractivity contribution in [1.29, 1.82) is 0 Å². The highest BCUT2D eigenvalue weighted by atomic mass is 79.9. The standard InChI is InChI=1S/C12H13Br2NOS/c1-2-7-15-12(8-3-5-10(13)16-8)9-4-6-11(14)17-9/h3-6,12,15H,2,7H2,1H3. The zero-order chi connectivity index (χ0) is 12.3. The van der Waals surface area contributed by atoms with Crippen molar-refractivity contribution < 1.29 is 4.42 Å². The molecule has 0 fully saturated rings. The maximum atomic E-state index is 5.65. The first-order valence-electron chi connectivity index (χ1n) is 5.44. The molecule has 0 bridgehead atoms. The summed E-state index contributed by atoms with van der Waals surface area (Å²) in [4.78, 5) is 1.26. The summed E-state index contributed by atoms with van der Waals surface area (Å²) in [5.74, 6) is 0.944. The van der Waals surface area contributed by atoms with E-state index in [-0.39, 0.29) is 6.04 Å². The van der Waals surface area contributed by atoms with Gasteiger partial charge in [-0.05, 0) is 69.1 Å². The van der Waals surface area contributed by atoms with Crippen LogP contribution in [0.4, 0.5) is 0 Å². The van der Waals surface area contributed by atoms with Gasteiger partial charge in [0.05, 0.1) is 3.79 Å². The summed E-state index contributed by atoms with van der Waals surface area (Å²) in [5, 5.41) is 3.50. The summed E-state index contributed by atoms with van der Waals surface area (Å²) in [6, 6.07) is 8.26. The van der Waals surface area contributed by atoms with Gasteiger partial charge in [0.15, 0.2) is 4.67 Å². The molecule has 5 heteroatoms. The van der Waals surface area contributed by atoms with Crippen LogP contribution in [0.25, 0.3) is 0 Å². The van der Waals surface area contributed by atoms with Gasteiger partial charge < -0.3 is 9.73 Å². The van der Waals surface area contributed by atoms with E-state index in [1.807, 2.05) is 12.1 Å². The molecule has 1 N–H and O–H groups in total. The Balaban J connectivity index is 2.24. The van der Waals surface area contributed by atoms with Gasteiger partial charge in [-0.15, -0.1) is 11.3 Å². The molecule has 92 valence electrons. The van der Waals surface area contributed by atoms with Crippen LogP contribution in [0.15, 0.2) is 37.1 Å². The Kier molecular flexibility index (Phi) is 4.85. The van der Waals surface area contributed by atoms with Crippen LogP contribution in [0.1, 0.15) is 30.0 Å². The normalized spacial score (nSPS) is 12.9. The Morgan fingerprint density at radius 2 is 2.12 bits per heavy atom. The molecule has 2 nitrogen and oxygen atoms in total. The second kappa shape index (κ2) is 6.18. The summed E-state index contributed by atoms with van der Waals surface area (Å²) in [5.41, 5.74) is 0. The van der Waals surface area contributed by atoms with E-state index in [1.165, 1.54) is 4.88 Å². The molecule has 0 aliphatic rings. The van der Waals surface area contributed by atoms with Gasteiger partial charge in [-0.3, -0.25) is 0 Å². The van der Waals surface area contributed by atoms with E-state index in [0.717, 1.165) is 27.2 Å². The minimum atomic E-state index is 0.137. The van der Waals surface area contributed by atoms with Crippen molar-refractivity contribution in [2.45, 2.75) is 19.4 Å². The van der Waals surface area contributed by atoms with E-state index in [9.17, 15) is 0 Å². The molecule has 2 aromatic heterocycles. The van der Waals surface area contributed by atoms with Crippen molar-refractivity contribution >= 4 is 43.2 Å². The van der Waals surface area contributed by atoms with Crippen LogP contribution < -0.4 is 5.32 Å². The van der Waals surface area contributed by atoms with Crippen LogP contribution in [0.3, 0.4) is 0 Å². The second-order valence-corrected chi connectivity index (χ2v) is 6.95. The summed E-state index contributed by atoms with van der Waals surface area (Å²) in [7, 11) is 0. The molecule has 0 aliphatic heterocycles. The van der Waals surface area contributed by atoms with Crippen LogP contribution in [-0.4, -0.2) is 6.54 Å². The molecule has 0 saturated carbocycles. The third kappa shape index (κ3) is 3.44. The molecule has 1 unspecified atom stereocenters. The van der Waals surface area contributed by atoms with Crippen molar-refractivity contribution in [2.24, 2.45) is 0 Å². The van der Waals surface area contributed by atoms with E-state index >= 15 is 0 Å². The van der Waals surface area contributed by atoms with E-state index in [2.05, 4.69) is 56.2 Å². The van der Waals surface area contributed by atoms with Crippen LogP contribution >= 0.6 is 43.2 Å². The Hall–Kier alpha value is -0.100. The lowest BCUT2D eigenvalue weighted by atomic mass is 10.2. The Morgan fingerprint density at radius 3 is 2.65 bits per heavy atom. The van der Waals surface area contributed by atoms with Gasteiger partial charge in [-0.1, -0.05) is 6.92 Å². The first kappa shape index (κ1) is 13.3. The predicted molar refractivity (Wildman–Crippen MR) is 78.6 cm³/mol. The fourth-order valence-corrected chi connectivity index (χ4v) is 3.42. The summed E-state index contributed by atoms with van der Waals surface area (Å²) in [6.07, 6.45) is 1.10. The maximum Gasteiger partial charge on any atom is 0.169 e. The lowest BCUT2D eigenvalue weighted by molar-refractivity contribution is 0.436. The molecule has 2 rings (SSSR count). The van der Waals surface area contributed by atoms with Gasteiger partial charge in [-0.25, -0.2) is 0 Å². The monoisotopic (exact) mass is 377 g/mol. The third-order valence-corrected chi connectivity index (χ3v) is 4.47. The molecule has 17 heavy (non-hydrogen) atoms. The first-order valence-corrected chi connectivity index (χ1v) is 7.85. The largest absolute Gasteiger partial charge is 0.452 e. The Morgan fingerprint density at radius 1 is 1.29 bits per heavy atom. The third-order valence-electron chi connectivity index (χ3n) is 2.36. The highest BCUT2D eigenvalue weighted by molar-refractivity contribution is 9.11. The number of hydrogen-bond donors (Lipinski definition) is 1. The topological polar surface area (TPSA) is 25.2 Å². The minimum Gasteiger partial charge on any atom is -0.452 e. The smallest absolute Gasteiger partial charge is 0.169 e. The number of nitrogens with one attached hydrogen (secondary N) is 1. The molecule has 0 spiro atoms. The van der Waals surface area contributed by atoms with Crippen LogP contribution in [0.5, 0.6) is 0 Å². The number of halogens is 2. The lowest BCUT2D eigenvalue weighted by Crippen LogP contribution is -2.21. The molecule has 0 radical (unpaired) electrons. The molecule has 0 aliphatic carbocycles. The lowest BCUT2D eigenvalue weighted by Gasteiger charge is -2.14. The number of hydrogen-bond acceptors (Lipinski definition) is 3. The highest BCUT2D eigenvalue weighted by Gasteiger charge is 2.18. The van der Waals surface area contributed by atoms with Gasteiger partial charge in [0.1, 0.15) is 11.8 Å². The van der Waals surface area contributed by atoms with E-state index in [1.54, 1.807) is 11.3 Å². The number of furan rings is 1. The van der Waals surface area contributed by atoms with Gasteiger partial charge in [0.25, 0.3) is 0 Å². The molecule has 2 heterocycles. The maximum absolute atomic E-state index is 5.65. The summed E-state index contributed by atoms with van der Waals surface area (Å²) in [6.45, 7) is 3.13. The molecular weight excluding hydrogens is 366 g/mol. The van der Waals surface area contributed by atoms with Crippen molar-refractivity contribution in [1.82, 2.24) is 5.32 Å². The van der Waals surface area contributed by atoms with Gasteiger partial charge >= 0.3 is 0 Å². The molecular formula is C12H13Br2NOS. The summed E-state index contributed by atoms with van der Waals surface area (Å²) < 4.78 is 7.56. The average molecular weight is 379 g/mol. The van der Waals surface area contributed by atoms with E-state index in [0.29, 0.717) is 0 Å². The Labute approximate surface area is 122 Å². The number of rotatable bonds is 5. The van der Waals surface area contributed by atoms with Crippen molar-refractivity contribution in [3.05, 3.63) is 43.4 Å². The zero-order valence-electron chi connectivity index (χ0n) is 9.37. The highest BCUT2D eigenvalue weighted by Crippen LogP contribution is 2.32. The van der Waals surface area contributed by atoms with Crippen molar-refractivity contribution in [3.8, 4) is 0 Å². The average Bonchev–Trinajstić information content (AvgIpc) is 2.89. The van der Waals surface area contributed by atoms with Crippen molar-refractivity contribution in [2.75, 3.05) is 6.54 Å². The van der Waals surface area contributed by atoms with Gasteiger partial charge in [0.2, 0.25) is 0 Å². The van der Waals surface area contributed by atoms with E-state index < -0.39 is 0 Å². The SMILES string of the molecule is CCCNC(c1ccc(Br)o1)c1ccc(Br)s1. The van der Waals surface area contributed by atoms with Crippen LogP contribution in [-0.2, 0) is 0 Å². The molecule has 1 atom stereocenters. The predicted octanol–water partition coefficient (Wildman–Crippen LogP) is 4.96. The van der Waals surface area contributed by atoms with E-state index in [4.69, 9.17) is 4.42 Å². The first-order chi connectivity index (χ1) is 8.20. The van der Waals surface area contributed by atoms with Crippen LogP contribution in [0.2, 0.25) is 0 Å². The van der Waals surface area contributed by atoms with Crippen molar-refractivity contribution in [3.63, 3.8) is 0 Å². The zero-order valence-corrected chi connectivity index (χ0v) is 13.4. The fraction of sp³-hybridized carbons (Fsp3) is 0.333. The second-order valence-electron chi connectivity index (χ2n) is 3.67. The molecule has 2 aromatic rings. The molecule has 0 aromatic carbocycles. The quantitative estimate of drug-likeness (QED) is 0.795. The van der Waals surface area contributed by atoms with Crippen LogP contribution in [0, 0.1) is 0 Å².